The highest BCUT2D eigenvalue weighted by molar-refractivity contribution is 5.92. The Morgan fingerprint density at radius 1 is 1.43 bits per heavy atom. The quantitative estimate of drug-likeness (QED) is 0.706. The average Bonchev–Trinajstić information content (AvgIpc) is 2.18. The van der Waals surface area contributed by atoms with Gasteiger partial charge in [-0.2, -0.15) is 4.98 Å². The molecule has 5 nitrogen and oxygen atoms in total. The van der Waals surface area contributed by atoms with Gasteiger partial charge in [0, 0.05) is 19.2 Å². The van der Waals surface area contributed by atoms with Crippen molar-refractivity contribution in [2.24, 2.45) is 0 Å². The SMILES string of the molecule is Nc1ccnc(N2CCCCC2=O)n1. The third-order valence-electron chi connectivity index (χ3n) is 2.23. The second-order valence-electron chi connectivity index (χ2n) is 3.28. The lowest BCUT2D eigenvalue weighted by atomic mass is 10.1. The molecule has 2 heterocycles. The lowest BCUT2D eigenvalue weighted by Crippen LogP contribution is -2.36. The summed E-state index contributed by atoms with van der Waals surface area (Å²) in [6.45, 7) is 0.697. The predicted octanol–water partition coefficient (Wildman–Crippen LogP) is 0.576. The molecule has 1 aliphatic heterocycles. The number of carbonyl (C=O) groups is 1. The molecule has 1 aliphatic rings. The average molecular weight is 192 g/mol. The zero-order valence-electron chi connectivity index (χ0n) is 7.81. The Hall–Kier alpha value is -1.65. The number of carbonyl (C=O) groups excluding carboxylic acids is 1. The van der Waals surface area contributed by atoms with Crippen LogP contribution in [0.2, 0.25) is 0 Å². The molecule has 1 fully saturated rings. The van der Waals surface area contributed by atoms with Crippen LogP contribution >= 0.6 is 0 Å². The first-order valence-corrected chi connectivity index (χ1v) is 4.66. The van der Waals surface area contributed by atoms with E-state index in [9.17, 15) is 4.79 Å². The van der Waals surface area contributed by atoms with Gasteiger partial charge in [0.1, 0.15) is 5.82 Å². The van der Waals surface area contributed by atoms with E-state index in [4.69, 9.17) is 5.73 Å². The maximum absolute atomic E-state index is 11.5. The Morgan fingerprint density at radius 2 is 2.29 bits per heavy atom. The van der Waals surface area contributed by atoms with E-state index in [1.165, 1.54) is 0 Å². The van der Waals surface area contributed by atoms with E-state index in [1.54, 1.807) is 17.2 Å². The molecule has 5 heteroatoms. The number of rotatable bonds is 1. The van der Waals surface area contributed by atoms with Crippen molar-refractivity contribution in [3.63, 3.8) is 0 Å². The molecule has 74 valence electrons. The summed E-state index contributed by atoms with van der Waals surface area (Å²) in [6, 6.07) is 1.61. The molecule has 14 heavy (non-hydrogen) atoms. The summed E-state index contributed by atoms with van der Waals surface area (Å²) < 4.78 is 0. The Balaban J connectivity index is 2.24. The summed E-state index contributed by atoms with van der Waals surface area (Å²) in [7, 11) is 0. The van der Waals surface area contributed by atoms with E-state index < -0.39 is 0 Å². The van der Waals surface area contributed by atoms with Crippen molar-refractivity contribution in [2.75, 3.05) is 17.2 Å². The Bertz CT molecular complexity index is 352. The van der Waals surface area contributed by atoms with E-state index in [1.807, 2.05) is 0 Å². The van der Waals surface area contributed by atoms with Crippen LogP contribution < -0.4 is 10.6 Å². The first-order chi connectivity index (χ1) is 6.77. The highest BCUT2D eigenvalue weighted by atomic mass is 16.2. The standard InChI is InChI=1S/C9H12N4O/c10-7-4-5-11-9(12-7)13-6-2-1-3-8(13)14/h4-5H,1-3,6H2,(H2,10,11,12). The fourth-order valence-corrected chi connectivity index (χ4v) is 1.51. The fraction of sp³-hybridized carbons (Fsp3) is 0.444. The number of nitrogens with two attached hydrogens (primary N) is 1. The number of nitrogens with zero attached hydrogens (tertiary/aromatic N) is 3. The summed E-state index contributed by atoms with van der Waals surface area (Å²) in [4.78, 5) is 21.2. The number of hydrogen-bond acceptors (Lipinski definition) is 4. The molecule has 2 rings (SSSR count). The van der Waals surface area contributed by atoms with Crippen LogP contribution in [-0.2, 0) is 4.79 Å². The van der Waals surface area contributed by atoms with Crippen LogP contribution in [0.4, 0.5) is 11.8 Å². The van der Waals surface area contributed by atoms with Crippen molar-refractivity contribution in [3.8, 4) is 0 Å². The minimum absolute atomic E-state index is 0.0850. The smallest absolute Gasteiger partial charge is 0.234 e. The number of nitrogen functional groups attached to an aromatic ring is 1. The predicted molar refractivity (Wildman–Crippen MR) is 52.6 cm³/mol. The first-order valence-electron chi connectivity index (χ1n) is 4.66. The van der Waals surface area contributed by atoms with Gasteiger partial charge in [0.15, 0.2) is 0 Å². The first kappa shape index (κ1) is 8.93. The zero-order chi connectivity index (χ0) is 9.97. The maximum Gasteiger partial charge on any atom is 0.234 e. The fourth-order valence-electron chi connectivity index (χ4n) is 1.51. The molecule has 2 N–H and O–H groups in total. The highest BCUT2D eigenvalue weighted by Crippen LogP contribution is 2.16. The molecule has 0 radical (unpaired) electrons. The maximum atomic E-state index is 11.5. The van der Waals surface area contributed by atoms with Gasteiger partial charge in [-0.05, 0) is 18.9 Å². The van der Waals surface area contributed by atoms with Gasteiger partial charge in [0.25, 0.3) is 0 Å². The van der Waals surface area contributed by atoms with Crippen LogP contribution in [0.25, 0.3) is 0 Å². The van der Waals surface area contributed by atoms with Crippen LogP contribution in [0, 0.1) is 0 Å². The van der Waals surface area contributed by atoms with Crippen LogP contribution in [-0.4, -0.2) is 22.4 Å². The summed E-state index contributed by atoms with van der Waals surface area (Å²) in [5, 5.41) is 0. The Morgan fingerprint density at radius 3 is 3.00 bits per heavy atom. The molecule has 1 aromatic rings. The Kier molecular flexibility index (Phi) is 2.30. The van der Waals surface area contributed by atoms with E-state index in [2.05, 4.69) is 9.97 Å². The molecule has 0 spiro atoms. The monoisotopic (exact) mass is 192 g/mol. The van der Waals surface area contributed by atoms with Gasteiger partial charge in [-0.15, -0.1) is 0 Å². The molecule has 1 saturated heterocycles. The number of amides is 1. The van der Waals surface area contributed by atoms with E-state index >= 15 is 0 Å². The van der Waals surface area contributed by atoms with Gasteiger partial charge in [0.2, 0.25) is 11.9 Å². The summed E-state index contributed by atoms with van der Waals surface area (Å²) in [5.41, 5.74) is 5.52. The van der Waals surface area contributed by atoms with E-state index in [-0.39, 0.29) is 5.91 Å². The third-order valence-corrected chi connectivity index (χ3v) is 2.23. The van der Waals surface area contributed by atoms with E-state index in [0.717, 1.165) is 12.8 Å². The zero-order valence-corrected chi connectivity index (χ0v) is 7.81. The molecule has 0 saturated carbocycles. The molecule has 0 atom stereocenters. The van der Waals surface area contributed by atoms with Crippen LogP contribution in [0.5, 0.6) is 0 Å². The van der Waals surface area contributed by atoms with Crippen molar-refractivity contribution in [1.82, 2.24) is 9.97 Å². The van der Waals surface area contributed by atoms with Crippen LogP contribution in [0.1, 0.15) is 19.3 Å². The molecule has 0 bridgehead atoms. The molecule has 0 unspecified atom stereocenters. The largest absolute Gasteiger partial charge is 0.384 e. The number of aromatic nitrogens is 2. The summed E-state index contributed by atoms with van der Waals surface area (Å²) in [5.74, 6) is 0.907. The second-order valence-corrected chi connectivity index (χ2v) is 3.28. The van der Waals surface area contributed by atoms with Crippen molar-refractivity contribution < 1.29 is 4.79 Å². The lowest BCUT2D eigenvalue weighted by molar-refractivity contribution is -0.119. The molecule has 1 amide bonds. The normalized spacial score (nSPS) is 17.1. The molecule has 0 aromatic carbocycles. The molecular weight excluding hydrogens is 180 g/mol. The second kappa shape index (κ2) is 3.61. The molecule has 0 aliphatic carbocycles. The van der Waals surface area contributed by atoms with E-state index in [0.29, 0.717) is 24.7 Å². The molecule has 1 aromatic heterocycles. The van der Waals surface area contributed by atoms with Crippen molar-refractivity contribution in [1.29, 1.82) is 0 Å². The van der Waals surface area contributed by atoms with Crippen molar-refractivity contribution >= 4 is 17.7 Å². The van der Waals surface area contributed by atoms with Gasteiger partial charge >= 0.3 is 0 Å². The number of piperidine rings is 1. The van der Waals surface area contributed by atoms with Crippen molar-refractivity contribution in [2.45, 2.75) is 19.3 Å². The Labute approximate surface area is 82.0 Å². The van der Waals surface area contributed by atoms with Gasteiger partial charge in [-0.3, -0.25) is 9.69 Å². The molecular formula is C9H12N4O. The lowest BCUT2D eigenvalue weighted by Gasteiger charge is -2.24. The minimum Gasteiger partial charge on any atom is -0.384 e. The van der Waals surface area contributed by atoms with Gasteiger partial charge in [-0.25, -0.2) is 4.98 Å². The summed E-state index contributed by atoms with van der Waals surface area (Å²) in [6.07, 6.45) is 4.11. The van der Waals surface area contributed by atoms with Crippen molar-refractivity contribution in [3.05, 3.63) is 12.3 Å². The van der Waals surface area contributed by atoms with Gasteiger partial charge in [-0.1, -0.05) is 0 Å². The number of hydrogen-bond donors (Lipinski definition) is 1. The van der Waals surface area contributed by atoms with Crippen LogP contribution in [0.3, 0.4) is 0 Å². The highest BCUT2D eigenvalue weighted by Gasteiger charge is 2.21. The summed E-state index contributed by atoms with van der Waals surface area (Å²) >= 11 is 0. The van der Waals surface area contributed by atoms with Gasteiger partial charge < -0.3 is 5.73 Å². The minimum atomic E-state index is 0.0850. The van der Waals surface area contributed by atoms with Crippen LogP contribution in [0.15, 0.2) is 12.3 Å². The number of anilines is 2. The topological polar surface area (TPSA) is 72.1 Å². The third kappa shape index (κ3) is 1.66. The van der Waals surface area contributed by atoms with Gasteiger partial charge in [0.05, 0.1) is 0 Å².